The number of nitrogens with zero attached hydrogens (tertiary/aromatic N) is 1. The maximum Gasteiger partial charge on any atom is 0.341 e. The maximum atomic E-state index is 14.0. The van der Waals surface area contributed by atoms with Gasteiger partial charge in [0.05, 0.1) is 19.3 Å². The molecule has 2 heterocycles. The number of fused-ring (bicyclic) bond motifs is 3. The van der Waals surface area contributed by atoms with Crippen LogP contribution in [0.4, 0.5) is 5.69 Å². The molecule has 3 aliphatic rings. The van der Waals surface area contributed by atoms with E-state index in [1.54, 1.807) is 45.3 Å². The highest BCUT2D eigenvalue weighted by Gasteiger charge is 2.63. The number of allylic oxidation sites excluding steroid dienone is 1. The van der Waals surface area contributed by atoms with Gasteiger partial charge >= 0.3 is 5.97 Å². The monoisotopic (exact) mass is 474 g/mol. The van der Waals surface area contributed by atoms with Crippen molar-refractivity contribution in [1.82, 2.24) is 0 Å². The summed E-state index contributed by atoms with van der Waals surface area (Å²) in [7, 11) is 3.22. The maximum absolute atomic E-state index is 14.0. The van der Waals surface area contributed by atoms with Crippen LogP contribution in [0.15, 0.2) is 71.3 Å². The van der Waals surface area contributed by atoms with Crippen LogP contribution in [0.3, 0.4) is 0 Å². The van der Waals surface area contributed by atoms with Gasteiger partial charge in [0.25, 0.3) is 0 Å². The molecule has 2 N–H and O–H groups in total. The number of esters is 1. The normalized spacial score (nSPS) is 23.3. The quantitative estimate of drug-likeness (QED) is 0.679. The number of amides is 1. The van der Waals surface area contributed by atoms with Crippen molar-refractivity contribution in [3.8, 4) is 5.75 Å². The van der Waals surface area contributed by atoms with Crippen molar-refractivity contribution in [3.63, 3.8) is 0 Å². The van der Waals surface area contributed by atoms with Crippen LogP contribution in [-0.2, 0) is 29.3 Å². The van der Waals surface area contributed by atoms with E-state index in [0.29, 0.717) is 29.2 Å². The molecule has 0 saturated heterocycles. The Labute approximate surface area is 202 Å². The highest BCUT2D eigenvalue weighted by atomic mass is 16.5. The van der Waals surface area contributed by atoms with Crippen molar-refractivity contribution in [1.29, 1.82) is 0 Å². The molecule has 8 heteroatoms. The summed E-state index contributed by atoms with van der Waals surface area (Å²) in [5.74, 6) is -0.844. The Kier molecular flexibility index (Phi) is 5.39. The molecular formula is C27H26N2O6. The lowest BCUT2D eigenvalue weighted by Gasteiger charge is -2.40. The molecule has 8 nitrogen and oxygen atoms in total. The molecule has 2 unspecified atom stereocenters. The van der Waals surface area contributed by atoms with E-state index >= 15 is 0 Å². The molecule has 180 valence electrons. The van der Waals surface area contributed by atoms with Crippen LogP contribution in [0, 0.1) is 0 Å². The summed E-state index contributed by atoms with van der Waals surface area (Å²) in [5.41, 5.74) is 6.71. The number of para-hydroxylation sites is 1. The first-order valence-electron chi connectivity index (χ1n) is 11.5. The van der Waals surface area contributed by atoms with Crippen LogP contribution in [0.1, 0.15) is 36.8 Å². The van der Waals surface area contributed by atoms with Crippen molar-refractivity contribution < 1.29 is 28.6 Å². The lowest BCUT2D eigenvalue weighted by atomic mass is 9.63. The van der Waals surface area contributed by atoms with Crippen molar-refractivity contribution in [3.05, 3.63) is 82.4 Å². The molecule has 5 rings (SSSR count). The predicted octanol–water partition coefficient (Wildman–Crippen LogP) is 3.07. The Bertz CT molecular complexity index is 1310. The predicted molar refractivity (Wildman–Crippen MR) is 127 cm³/mol. The Morgan fingerprint density at radius 3 is 2.54 bits per heavy atom. The molecule has 0 radical (unpaired) electrons. The average molecular weight is 475 g/mol. The molecule has 1 aliphatic carbocycles. The Morgan fingerprint density at radius 1 is 1.14 bits per heavy atom. The van der Waals surface area contributed by atoms with E-state index in [4.69, 9.17) is 19.9 Å². The SMILES string of the molecule is CCOC(=O)C1=C(N)OC2=C(C(=O)CC(c3ccc(OC)cc3)C2)C12C(=O)N(C)c1ccccc12. The van der Waals surface area contributed by atoms with Crippen LogP contribution in [0.25, 0.3) is 0 Å². The fraction of sp³-hybridized carbons (Fsp3) is 0.296. The van der Waals surface area contributed by atoms with Crippen LogP contribution in [-0.4, -0.2) is 38.4 Å². The first-order chi connectivity index (χ1) is 16.8. The average Bonchev–Trinajstić information content (AvgIpc) is 3.06. The number of hydrogen-bond donors (Lipinski definition) is 1. The van der Waals surface area contributed by atoms with Crippen LogP contribution in [0.5, 0.6) is 5.75 Å². The second-order valence-corrected chi connectivity index (χ2v) is 8.79. The number of hydrogen-bond acceptors (Lipinski definition) is 7. The van der Waals surface area contributed by atoms with Crippen molar-refractivity contribution in [2.45, 2.75) is 31.1 Å². The summed E-state index contributed by atoms with van der Waals surface area (Å²) in [4.78, 5) is 42.5. The molecular weight excluding hydrogens is 448 g/mol. The standard InChI is InChI=1S/C27H26N2O6/c1-4-34-25(31)23-24(28)35-21-14-16(15-9-11-17(33-3)12-10-15)13-20(30)22(21)27(23)18-7-5-6-8-19(18)29(2)26(27)32/h5-12,16H,4,13-14,28H2,1-3H3. The zero-order valence-corrected chi connectivity index (χ0v) is 19.8. The third kappa shape index (κ3) is 3.16. The minimum absolute atomic E-state index is 0.0801. The van der Waals surface area contributed by atoms with Gasteiger partial charge in [-0.05, 0) is 36.6 Å². The van der Waals surface area contributed by atoms with E-state index in [9.17, 15) is 14.4 Å². The molecule has 0 saturated carbocycles. The fourth-order valence-corrected chi connectivity index (χ4v) is 5.50. The number of nitrogens with two attached hydrogens (primary N) is 1. The lowest BCUT2D eigenvalue weighted by molar-refractivity contribution is -0.141. The number of methoxy groups -OCH3 is 1. The topological polar surface area (TPSA) is 108 Å². The van der Waals surface area contributed by atoms with E-state index in [-0.39, 0.29) is 41.8 Å². The number of carbonyl (C=O) groups is 3. The molecule has 1 spiro atoms. The third-order valence-corrected chi connectivity index (χ3v) is 7.01. The van der Waals surface area contributed by atoms with Crippen LogP contribution in [0.2, 0.25) is 0 Å². The van der Waals surface area contributed by atoms with Crippen LogP contribution < -0.4 is 15.4 Å². The Hall–Kier alpha value is -4.07. The fourth-order valence-electron chi connectivity index (χ4n) is 5.50. The molecule has 0 fully saturated rings. The van der Waals surface area contributed by atoms with Gasteiger partial charge in [-0.15, -0.1) is 0 Å². The second kappa shape index (κ2) is 8.30. The number of carbonyl (C=O) groups excluding carboxylic acids is 3. The number of likely N-dealkylation sites (N-methyl/N-ethyl adjacent to an activating group) is 1. The van der Waals surface area contributed by atoms with Gasteiger partial charge in [-0.2, -0.15) is 0 Å². The van der Waals surface area contributed by atoms with Gasteiger partial charge < -0.3 is 24.8 Å². The summed E-state index contributed by atoms with van der Waals surface area (Å²) in [6.07, 6.45) is 0.510. The van der Waals surface area contributed by atoms with E-state index in [1.165, 1.54) is 4.90 Å². The minimum Gasteiger partial charge on any atom is -0.497 e. The third-order valence-electron chi connectivity index (χ3n) is 7.01. The molecule has 0 aromatic heterocycles. The lowest BCUT2D eigenvalue weighted by Crippen LogP contribution is -2.51. The summed E-state index contributed by atoms with van der Waals surface area (Å²) in [6.45, 7) is 1.74. The number of benzene rings is 2. The zero-order valence-electron chi connectivity index (χ0n) is 19.8. The van der Waals surface area contributed by atoms with Crippen LogP contribution >= 0.6 is 0 Å². The smallest absolute Gasteiger partial charge is 0.341 e. The number of anilines is 1. The van der Waals surface area contributed by atoms with Crippen molar-refractivity contribution in [2.75, 3.05) is 25.7 Å². The zero-order chi connectivity index (χ0) is 24.9. The summed E-state index contributed by atoms with van der Waals surface area (Å²) in [6, 6.07) is 14.6. The highest BCUT2D eigenvalue weighted by Crippen LogP contribution is 2.56. The summed E-state index contributed by atoms with van der Waals surface area (Å²) in [5, 5.41) is 0. The molecule has 2 aliphatic heterocycles. The largest absolute Gasteiger partial charge is 0.497 e. The van der Waals surface area contributed by atoms with Gasteiger partial charge in [0.1, 0.15) is 22.5 Å². The highest BCUT2D eigenvalue weighted by molar-refractivity contribution is 6.23. The molecule has 2 atom stereocenters. The first-order valence-corrected chi connectivity index (χ1v) is 11.5. The van der Waals surface area contributed by atoms with Gasteiger partial charge in [-0.25, -0.2) is 4.79 Å². The van der Waals surface area contributed by atoms with Gasteiger partial charge in [-0.3, -0.25) is 9.59 Å². The molecule has 1 amide bonds. The number of rotatable bonds is 4. The van der Waals surface area contributed by atoms with Gasteiger partial charge in [0.2, 0.25) is 11.8 Å². The second-order valence-electron chi connectivity index (χ2n) is 8.79. The van der Waals surface area contributed by atoms with Crippen molar-refractivity contribution >= 4 is 23.3 Å². The molecule has 0 bridgehead atoms. The minimum atomic E-state index is -1.71. The number of Topliss-reactive ketones (excluding diaryl/α,β-unsaturated/α-hetero) is 1. The van der Waals surface area contributed by atoms with Crippen molar-refractivity contribution in [2.24, 2.45) is 5.73 Å². The molecule has 2 aromatic carbocycles. The summed E-state index contributed by atoms with van der Waals surface area (Å²) >= 11 is 0. The van der Waals surface area contributed by atoms with Gasteiger partial charge in [-0.1, -0.05) is 30.3 Å². The molecule has 35 heavy (non-hydrogen) atoms. The van der Waals surface area contributed by atoms with E-state index in [2.05, 4.69) is 0 Å². The van der Waals surface area contributed by atoms with Gasteiger partial charge in [0.15, 0.2) is 5.78 Å². The molecule has 2 aromatic rings. The van der Waals surface area contributed by atoms with E-state index in [0.717, 1.165) is 5.56 Å². The van der Waals surface area contributed by atoms with Gasteiger partial charge in [0, 0.05) is 31.1 Å². The number of ether oxygens (including phenoxy) is 3. The summed E-state index contributed by atoms with van der Waals surface area (Å²) < 4.78 is 16.5. The van der Waals surface area contributed by atoms with E-state index in [1.807, 2.05) is 24.3 Å². The Balaban J connectivity index is 1.71. The van der Waals surface area contributed by atoms with E-state index < -0.39 is 17.3 Å². The first kappa shape index (κ1) is 22.7. The number of ketones is 1. The Morgan fingerprint density at radius 2 is 1.86 bits per heavy atom.